The molecule has 0 aliphatic heterocycles. The van der Waals surface area contributed by atoms with Gasteiger partial charge in [0.25, 0.3) is 0 Å². The molecule has 0 fully saturated rings. The minimum absolute atomic E-state index is 0.577. The van der Waals surface area contributed by atoms with Crippen molar-refractivity contribution < 1.29 is 0 Å². The molecule has 0 radical (unpaired) electrons. The molecule has 0 aromatic carbocycles. The topological polar surface area (TPSA) is 50.9 Å². The van der Waals surface area contributed by atoms with E-state index < -0.39 is 0 Å². The summed E-state index contributed by atoms with van der Waals surface area (Å²) in [5.41, 5.74) is 6.91. The predicted molar refractivity (Wildman–Crippen MR) is 60.1 cm³/mol. The van der Waals surface area contributed by atoms with Crippen molar-refractivity contribution in [2.45, 2.75) is 32.2 Å². The van der Waals surface area contributed by atoms with Gasteiger partial charge in [-0.3, -0.25) is 0 Å². The van der Waals surface area contributed by atoms with E-state index in [1.165, 1.54) is 6.42 Å². The Morgan fingerprint density at radius 1 is 1.57 bits per heavy atom. The molecule has 0 aliphatic rings. The number of nitrogens with two attached hydrogens (primary N) is 1. The molecule has 0 amide bonds. The monoisotopic (exact) mass is 193 g/mol. The van der Waals surface area contributed by atoms with Crippen LogP contribution in [-0.4, -0.2) is 18.1 Å². The third kappa shape index (κ3) is 3.34. The van der Waals surface area contributed by atoms with Gasteiger partial charge in [-0.2, -0.15) is 0 Å². The SMILES string of the molecule is CNC(C)CCCc1cccnc1N. The number of aryl methyl sites for hydroxylation is 1. The summed E-state index contributed by atoms with van der Waals surface area (Å²) >= 11 is 0. The average molecular weight is 193 g/mol. The Bertz CT molecular complexity index is 273. The smallest absolute Gasteiger partial charge is 0.126 e. The van der Waals surface area contributed by atoms with Gasteiger partial charge in [-0.25, -0.2) is 4.98 Å². The van der Waals surface area contributed by atoms with Crippen LogP contribution in [0.15, 0.2) is 18.3 Å². The maximum absolute atomic E-state index is 5.74. The van der Waals surface area contributed by atoms with Gasteiger partial charge in [0, 0.05) is 12.2 Å². The van der Waals surface area contributed by atoms with Crippen molar-refractivity contribution in [2.24, 2.45) is 0 Å². The summed E-state index contributed by atoms with van der Waals surface area (Å²) < 4.78 is 0. The largest absolute Gasteiger partial charge is 0.383 e. The first-order chi connectivity index (χ1) is 6.74. The highest BCUT2D eigenvalue weighted by atomic mass is 14.8. The third-order valence-corrected chi connectivity index (χ3v) is 2.50. The van der Waals surface area contributed by atoms with E-state index in [1.54, 1.807) is 6.20 Å². The number of hydrogen-bond donors (Lipinski definition) is 2. The summed E-state index contributed by atoms with van der Waals surface area (Å²) in [6.45, 7) is 2.19. The van der Waals surface area contributed by atoms with E-state index in [1.807, 2.05) is 19.2 Å². The molecule has 1 heterocycles. The summed E-state index contributed by atoms with van der Waals surface area (Å²) in [6.07, 6.45) is 5.07. The highest BCUT2D eigenvalue weighted by Gasteiger charge is 2.01. The minimum atomic E-state index is 0.577. The van der Waals surface area contributed by atoms with Crippen molar-refractivity contribution in [3.05, 3.63) is 23.9 Å². The Kier molecular flexibility index (Phi) is 4.40. The van der Waals surface area contributed by atoms with Crippen molar-refractivity contribution in [3.63, 3.8) is 0 Å². The van der Waals surface area contributed by atoms with Crippen LogP contribution < -0.4 is 11.1 Å². The molecule has 3 N–H and O–H groups in total. The second-order valence-electron chi connectivity index (χ2n) is 3.63. The van der Waals surface area contributed by atoms with Crippen LogP contribution in [0, 0.1) is 0 Å². The fourth-order valence-electron chi connectivity index (χ4n) is 1.41. The van der Waals surface area contributed by atoms with Crippen molar-refractivity contribution in [1.82, 2.24) is 10.3 Å². The highest BCUT2D eigenvalue weighted by molar-refractivity contribution is 5.38. The van der Waals surface area contributed by atoms with Gasteiger partial charge in [0.1, 0.15) is 5.82 Å². The standard InChI is InChI=1S/C11H19N3/c1-9(13-2)5-3-6-10-7-4-8-14-11(10)12/h4,7-9,13H,3,5-6H2,1-2H3,(H2,12,14). The normalized spacial score (nSPS) is 12.7. The average Bonchev–Trinajstić information content (AvgIpc) is 2.20. The fourth-order valence-corrected chi connectivity index (χ4v) is 1.41. The predicted octanol–water partition coefficient (Wildman–Crippen LogP) is 1.59. The van der Waals surface area contributed by atoms with E-state index >= 15 is 0 Å². The molecule has 3 nitrogen and oxygen atoms in total. The Morgan fingerprint density at radius 2 is 2.36 bits per heavy atom. The molecular formula is C11H19N3. The molecule has 14 heavy (non-hydrogen) atoms. The molecular weight excluding hydrogens is 174 g/mol. The number of rotatable bonds is 5. The molecule has 0 spiro atoms. The molecule has 3 heteroatoms. The van der Waals surface area contributed by atoms with Crippen molar-refractivity contribution in [2.75, 3.05) is 12.8 Å². The lowest BCUT2D eigenvalue weighted by Gasteiger charge is -2.09. The van der Waals surface area contributed by atoms with Gasteiger partial charge in [0.05, 0.1) is 0 Å². The number of nitrogens with one attached hydrogen (secondary N) is 1. The quantitative estimate of drug-likeness (QED) is 0.746. The summed E-state index contributed by atoms with van der Waals surface area (Å²) in [7, 11) is 1.99. The Morgan fingerprint density at radius 3 is 3.00 bits per heavy atom. The van der Waals surface area contributed by atoms with E-state index in [-0.39, 0.29) is 0 Å². The lowest BCUT2D eigenvalue weighted by Crippen LogP contribution is -2.20. The van der Waals surface area contributed by atoms with Gasteiger partial charge in [-0.15, -0.1) is 0 Å². The first-order valence-electron chi connectivity index (χ1n) is 5.10. The van der Waals surface area contributed by atoms with Crippen LogP contribution in [0.4, 0.5) is 5.82 Å². The Balaban J connectivity index is 2.35. The van der Waals surface area contributed by atoms with Crippen LogP contribution in [0.2, 0.25) is 0 Å². The molecule has 0 bridgehead atoms. The lowest BCUT2D eigenvalue weighted by atomic mass is 10.1. The molecule has 0 saturated heterocycles. The van der Waals surface area contributed by atoms with Gasteiger partial charge < -0.3 is 11.1 Å². The van der Waals surface area contributed by atoms with Gasteiger partial charge in [0.15, 0.2) is 0 Å². The zero-order valence-corrected chi connectivity index (χ0v) is 8.96. The van der Waals surface area contributed by atoms with Crippen molar-refractivity contribution in [1.29, 1.82) is 0 Å². The van der Waals surface area contributed by atoms with Crippen LogP contribution in [0.5, 0.6) is 0 Å². The zero-order chi connectivity index (χ0) is 10.4. The molecule has 1 aromatic heterocycles. The summed E-state index contributed by atoms with van der Waals surface area (Å²) in [5.74, 6) is 0.671. The minimum Gasteiger partial charge on any atom is -0.383 e. The van der Waals surface area contributed by atoms with Gasteiger partial charge >= 0.3 is 0 Å². The second-order valence-corrected chi connectivity index (χ2v) is 3.63. The van der Waals surface area contributed by atoms with Crippen LogP contribution in [0.3, 0.4) is 0 Å². The van der Waals surface area contributed by atoms with Crippen molar-refractivity contribution >= 4 is 5.82 Å². The number of pyridine rings is 1. The first-order valence-corrected chi connectivity index (χ1v) is 5.10. The Labute approximate surface area is 85.7 Å². The van der Waals surface area contributed by atoms with Gasteiger partial charge in [-0.1, -0.05) is 6.07 Å². The molecule has 1 rings (SSSR count). The maximum Gasteiger partial charge on any atom is 0.126 e. The van der Waals surface area contributed by atoms with E-state index in [4.69, 9.17) is 5.73 Å². The molecule has 0 saturated carbocycles. The second kappa shape index (κ2) is 5.60. The number of nitrogens with zero attached hydrogens (tertiary/aromatic N) is 1. The van der Waals surface area contributed by atoms with Gasteiger partial charge in [0.2, 0.25) is 0 Å². The maximum atomic E-state index is 5.74. The van der Waals surface area contributed by atoms with Crippen LogP contribution >= 0.6 is 0 Å². The van der Waals surface area contributed by atoms with Gasteiger partial charge in [-0.05, 0) is 44.9 Å². The fraction of sp³-hybridized carbons (Fsp3) is 0.545. The molecule has 1 atom stereocenters. The molecule has 1 unspecified atom stereocenters. The number of hydrogen-bond acceptors (Lipinski definition) is 3. The van der Waals surface area contributed by atoms with E-state index in [0.717, 1.165) is 18.4 Å². The number of aromatic nitrogens is 1. The summed E-state index contributed by atoms with van der Waals surface area (Å²) in [6, 6.07) is 4.56. The zero-order valence-electron chi connectivity index (χ0n) is 8.96. The lowest BCUT2D eigenvalue weighted by molar-refractivity contribution is 0.542. The Hall–Kier alpha value is -1.09. The highest BCUT2D eigenvalue weighted by Crippen LogP contribution is 2.11. The van der Waals surface area contributed by atoms with Crippen molar-refractivity contribution in [3.8, 4) is 0 Å². The molecule has 78 valence electrons. The summed E-state index contributed by atoms with van der Waals surface area (Å²) in [4.78, 5) is 4.06. The first kappa shape index (κ1) is 11.0. The van der Waals surface area contributed by atoms with Crippen LogP contribution in [0.1, 0.15) is 25.3 Å². The van der Waals surface area contributed by atoms with Crippen LogP contribution in [0.25, 0.3) is 0 Å². The molecule has 1 aromatic rings. The van der Waals surface area contributed by atoms with E-state index in [0.29, 0.717) is 11.9 Å². The number of anilines is 1. The number of nitrogen functional groups attached to an aromatic ring is 1. The van der Waals surface area contributed by atoms with E-state index in [2.05, 4.69) is 17.2 Å². The van der Waals surface area contributed by atoms with E-state index in [9.17, 15) is 0 Å². The van der Waals surface area contributed by atoms with Crippen LogP contribution in [-0.2, 0) is 6.42 Å². The third-order valence-electron chi connectivity index (χ3n) is 2.50. The molecule has 0 aliphatic carbocycles. The summed E-state index contributed by atoms with van der Waals surface area (Å²) in [5, 5.41) is 3.22.